The zero-order chi connectivity index (χ0) is 14.7. The number of methoxy groups -OCH3 is 1. The van der Waals surface area contributed by atoms with E-state index in [1.54, 1.807) is 7.11 Å². The van der Waals surface area contributed by atoms with Crippen LogP contribution in [0.5, 0.6) is 5.75 Å². The molecular formula is C17H20BrNO. The van der Waals surface area contributed by atoms with E-state index in [0.29, 0.717) is 0 Å². The van der Waals surface area contributed by atoms with Crippen molar-refractivity contribution in [2.45, 2.75) is 27.3 Å². The molecule has 0 spiro atoms. The molecule has 0 fully saturated rings. The average molecular weight is 334 g/mol. The Kier molecular flexibility index (Phi) is 4.71. The van der Waals surface area contributed by atoms with Gasteiger partial charge in [-0.15, -0.1) is 0 Å². The van der Waals surface area contributed by atoms with E-state index >= 15 is 0 Å². The molecule has 106 valence electrons. The molecule has 0 aliphatic rings. The Morgan fingerprint density at radius 1 is 1.05 bits per heavy atom. The molecular weight excluding hydrogens is 314 g/mol. The lowest BCUT2D eigenvalue weighted by molar-refractivity contribution is 0.416. The van der Waals surface area contributed by atoms with Crippen LogP contribution < -0.4 is 10.1 Å². The van der Waals surface area contributed by atoms with Gasteiger partial charge in [0.05, 0.1) is 12.8 Å². The molecule has 0 unspecified atom stereocenters. The van der Waals surface area contributed by atoms with Gasteiger partial charge >= 0.3 is 0 Å². The molecule has 0 saturated carbocycles. The van der Waals surface area contributed by atoms with Crippen molar-refractivity contribution in [2.24, 2.45) is 0 Å². The second-order valence-corrected chi connectivity index (χ2v) is 6.00. The molecule has 2 nitrogen and oxygen atoms in total. The minimum absolute atomic E-state index is 0.798. The van der Waals surface area contributed by atoms with Gasteiger partial charge in [-0.25, -0.2) is 0 Å². The second kappa shape index (κ2) is 6.31. The Bertz CT molecular complexity index is 623. The third kappa shape index (κ3) is 3.34. The first kappa shape index (κ1) is 14.9. The van der Waals surface area contributed by atoms with Crippen molar-refractivity contribution in [2.75, 3.05) is 12.4 Å². The number of halogens is 1. The van der Waals surface area contributed by atoms with Gasteiger partial charge in [0.15, 0.2) is 0 Å². The quantitative estimate of drug-likeness (QED) is 0.850. The summed E-state index contributed by atoms with van der Waals surface area (Å²) in [5, 5.41) is 3.50. The summed E-state index contributed by atoms with van der Waals surface area (Å²) in [7, 11) is 1.70. The van der Waals surface area contributed by atoms with Gasteiger partial charge in [0.1, 0.15) is 5.75 Å². The van der Waals surface area contributed by atoms with Gasteiger partial charge in [0, 0.05) is 11.0 Å². The minimum Gasteiger partial charge on any atom is -0.495 e. The fourth-order valence-corrected chi connectivity index (χ4v) is 2.83. The molecule has 0 aliphatic heterocycles. The van der Waals surface area contributed by atoms with E-state index in [4.69, 9.17) is 4.74 Å². The predicted molar refractivity (Wildman–Crippen MR) is 88.7 cm³/mol. The summed E-state index contributed by atoms with van der Waals surface area (Å²) in [5.41, 5.74) is 6.12. The zero-order valence-corrected chi connectivity index (χ0v) is 14.0. The smallest absolute Gasteiger partial charge is 0.143 e. The van der Waals surface area contributed by atoms with Crippen LogP contribution in [0.1, 0.15) is 22.3 Å². The van der Waals surface area contributed by atoms with Crippen LogP contribution in [0.15, 0.2) is 34.8 Å². The Morgan fingerprint density at radius 3 is 2.50 bits per heavy atom. The largest absolute Gasteiger partial charge is 0.495 e. The van der Waals surface area contributed by atoms with E-state index in [1.807, 2.05) is 6.07 Å². The molecule has 0 aliphatic carbocycles. The van der Waals surface area contributed by atoms with Crippen molar-refractivity contribution in [1.29, 1.82) is 0 Å². The van der Waals surface area contributed by atoms with Crippen LogP contribution in [-0.2, 0) is 6.54 Å². The lowest BCUT2D eigenvalue weighted by atomic mass is 10.1. The van der Waals surface area contributed by atoms with Crippen LogP contribution in [-0.4, -0.2) is 7.11 Å². The van der Waals surface area contributed by atoms with Crippen molar-refractivity contribution in [3.63, 3.8) is 0 Å². The minimum atomic E-state index is 0.798. The van der Waals surface area contributed by atoms with E-state index in [0.717, 1.165) is 22.5 Å². The number of anilines is 1. The Balaban J connectivity index is 2.25. The molecule has 0 amide bonds. The van der Waals surface area contributed by atoms with Crippen LogP contribution in [0.2, 0.25) is 0 Å². The first-order valence-electron chi connectivity index (χ1n) is 6.65. The van der Waals surface area contributed by atoms with Gasteiger partial charge in [0.25, 0.3) is 0 Å². The molecule has 0 aromatic heterocycles. The number of benzene rings is 2. The maximum atomic E-state index is 5.46. The molecule has 3 heteroatoms. The molecule has 20 heavy (non-hydrogen) atoms. The van der Waals surface area contributed by atoms with Crippen LogP contribution in [0.4, 0.5) is 5.69 Å². The third-order valence-corrected chi connectivity index (χ3v) is 3.90. The summed E-state index contributed by atoms with van der Waals surface area (Å²) in [6, 6.07) is 10.6. The lowest BCUT2D eigenvalue weighted by Crippen LogP contribution is -2.05. The lowest BCUT2D eigenvalue weighted by Gasteiger charge is -2.16. The topological polar surface area (TPSA) is 21.3 Å². The summed E-state index contributed by atoms with van der Waals surface area (Å²) in [6.45, 7) is 7.14. The molecule has 0 heterocycles. The molecule has 0 bridgehead atoms. The summed E-state index contributed by atoms with van der Waals surface area (Å²) >= 11 is 3.50. The first-order valence-corrected chi connectivity index (χ1v) is 7.44. The van der Waals surface area contributed by atoms with Gasteiger partial charge in [0.2, 0.25) is 0 Å². The number of rotatable bonds is 4. The van der Waals surface area contributed by atoms with E-state index < -0.39 is 0 Å². The van der Waals surface area contributed by atoms with E-state index in [1.165, 1.54) is 22.3 Å². The van der Waals surface area contributed by atoms with Crippen molar-refractivity contribution < 1.29 is 4.74 Å². The van der Waals surface area contributed by atoms with Gasteiger partial charge in [-0.2, -0.15) is 0 Å². The Labute approximate surface area is 129 Å². The fourth-order valence-electron chi connectivity index (χ4n) is 2.27. The highest BCUT2D eigenvalue weighted by Gasteiger charge is 2.08. The van der Waals surface area contributed by atoms with Gasteiger partial charge in [-0.1, -0.05) is 39.7 Å². The first-order chi connectivity index (χ1) is 9.51. The zero-order valence-electron chi connectivity index (χ0n) is 12.4. The maximum absolute atomic E-state index is 5.46. The maximum Gasteiger partial charge on any atom is 0.143 e. The molecule has 0 radical (unpaired) electrons. The number of aryl methyl sites for hydroxylation is 3. The predicted octanol–water partition coefficient (Wildman–Crippen LogP) is 5.00. The van der Waals surface area contributed by atoms with Crippen molar-refractivity contribution in [3.05, 3.63) is 57.1 Å². The van der Waals surface area contributed by atoms with Gasteiger partial charge in [-0.05, 0) is 49.6 Å². The SMILES string of the molecule is COc1cc(Br)cc(C)c1NCc1cc(C)ccc1C. The number of hydrogen-bond donors (Lipinski definition) is 1. The molecule has 2 rings (SSSR count). The standard InChI is InChI=1S/C17H20BrNO/c1-11-5-6-12(2)14(7-11)10-19-17-13(3)8-15(18)9-16(17)20-4/h5-9,19H,10H2,1-4H3. The fraction of sp³-hybridized carbons (Fsp3) is 0.294. The molecule has 2 aromatic carbocycles. The van der Waals surface area contributed by atoms with Crippen LogP contribution >= 0.6 is 15.9 Å². The van der Waals surface area contributed by atoms with E-state index in [-0.39, 0.29) is 0 Å². The summed E-state index contributed by atoms with van der Waals surface area (Å²) < 4.78 is 6.49. The highest BCUT2D eigenvalue weighted by molar-refractivity contribution is 9.10. The normalized spacial score (nSPS) is 10.4. The number of hydrogen-bond acceptors (Lipinski definition) is 2. The van der Waals surface area contributed by atoms with Gasteiger partial charge < -0.3 is 10.1 Å². The highest BCUT2D eigenvalue weighted by Crippen LogP contribution is 2.32. The highest BCUT2D eigenvalue weighted by atomic mass is 79.9. The molecule has 0 atom stereocenters. The van der Waals surface area contributed by atoms with Crippen molar-refractivity contribution >= 4 is 21.6 Å². The summed E-state index contributed by atoms with van der Waals surface area (Å²) in [4.78, 5) is 0. The Hall–Kier alpha value is -1.48. The Morgan fingerprint density at radius 2 is 1.80 bits per heavy atom. The molecule has 0 saturated heterocycles. The second-order valence-electron chi connectivity index (χ2n) is 5.08. The summed E-state index contributed by atoms with van der Waals surface area (Å²) in [6.07, 6.45) is 0. The molecule has 1 N–H and O–H groups in total. The van der Waals surface area contributed by atoms with E-state index in [2.05, 4.69) is 66.3 Å². The van der Waals surface area contributed by atoms with Gasteiger partial charge in [-0.3, -0.25) is 0 Å². The molecule has 2 aromatic rings. The van der Waals surface area contributed by atoms with Crippen LogP contribution in [0.25, 0.3) is 0 Å². The third-order valence-electron chi connectivity index (χ3n) is 3.44. The van der Waals surface area contributed by atoms with Crippen molar-refractivity contribution in [1.82, 2.24) is 0 Å². The number of ether oxygens (including phenoxy) is 1. The van der Waals surface area contributed by atoms with Crippen molar-refractivity contribution in [3.8, 4) is 5.75 Å². The van der Waals surface area contributed by atoms with Crippen LogP contribution in [0, 0.1) is 20.8 Å². The average Bonchev–Trinajstić information content (AvgIpc) is 2.40. The summed E-state index contributed by atoms with van der Waals surface area (Å²) in [5.74, 6) is 0.863. The van der Waals surface area contributed by atoms with E-state index in [9.17, 15) is 0 Å². The number of nitrogens with one attached hydrogen (secondary N) is 1. The monoisotopic (exact) mass is 333 g/mol. The van der Waals surface area contributed by atoms with Crippen LogP contribution in [0.3, 0.4) is 0 Å².